The van der Waals surface area contributed by atoms with Crippen LogP contribution in [0.3, 0.4) is 0 Å². The van der Waals surface area contributed by atoms with E-state index in [-0.39, 0.29) is 35.0 Å². The van der Waals surface area contributed by atoms with Crippen molar-refractivity contribution in [2.24, 2.45) is 5.41 Å². The smallest absolute Gasteiger partial charge is 1.00 e. The minimum Gasteiger partial charge on any atom is -1.00 e. The molecule has 0 aromatic heterocycles. The molecule has 2 aliphatic rings. The Balaban J connectivity index is 0.00000242. The monoisotopic (exact) mass is 421 g/mol. The maximum atomic E-state index is 2.48. The van der Waals surface area contributed by atoms with Gasteiger partial charge in [-0.15, -0.1) is 0 Å². The SMILES string of the molecule is CC1=CC=CCC1(S[Si](C)(C)C)C(C)(C)C1=[C]([Ti+2])CC=C1.[Cl-].[Cl-]. The minimum absolute atomic E-state index is 0. The molecule has 0 N–H and O–H groups in total. The molecule has 0 saturated heterocycles. The summed E-state index contributed by atoms with van der Waals surface area (Å²) in [7, 11) is -1.25. The van der Waals surface area contributed by atoms with Gasteiger partial charge < -0.3 is 24.8 Å². The Bertz CT molecular complexity index is 556. The molecular formula is C18H27Cl2SSiTi. The van der Waals surface area contributed by atoms with Crippen LogP contribution in [0.4, 0.5) is 0 Å². The summed E-state index contributed by atoms with van der Waals surface area (Å²) in [6.45, 7) is 14.7. The summed E-state index contributed by atoms with van der Waals surface area (Å²) >= 11 is 4.59. The van der Waals surface area contributed by atoms with Gasteiger partial charge in [0.25, 0.3) is 0 Å². The fourth-order valence-electron chi connectivity index (χ4n) is 3.57. The number of halogens is 2. The van der Waals surface area contributed by atoms with Gasteiger partial charge in [0, 0.05) is 0 Å². The van der Waals surface area contributed by atoms with Crippen LogP contribution >= 0.6 is 11.2 Å². The van der Waals surface area contributed by atoms with Crippen LogP contribution < -0.4 is 24.8 Å². The third kappa shape index (κ3) is 4.71. The molecule has 0 amide bonds. The van der Waals surface area contributed by atoms with E-state index in [0.717, 1.165) is 12.8 Å². The van der Waals surface area contributed by atoms with Crippen molar-refractivity contribution < 1.29 is 45.2 Å². The Morgan fingerprint density at radius 3 is 2.22 bits per heavy atom. The summed E-state index contributed by atoms with van der Waals surface area (Å²) in [6.07, 6.45) is 13.9. The van der Waals surface area contributed by atoms with Gasteiger partial charge in [-0.25, -0.2) is 0 Å². The first-order valence-electron chi connectivity index (χ1n) is 7.76. The van der Waals surface area contributed by atoms with E-state index in [1.54, 1.807) is 15.0 Å². The van der Waals surface area contributed by atoms with Crippen LogP contribution in [0.1, 0.15) is 33.6 Å². The van der Waals surface area contributed by atoms with E-state index in [1.807, 2.05) is 0 Å². The maximum absolute atomic E-state index is 2.48. The van der Waals surface area contributed by atoms with Crippen LogP contribution in [0.2, 0.25) is 19.6 Å². The second-order valence-corrected chi connectivity index (χ2v) is 18.0. The molecule has 0 fully saturated rings. The predicted octanol–water partition coefficient (Wildman–Crippen LogP) is -0.00550. The molecule has 2 rings (SSSR count). The first-order chi connectivity index (χ1) is 9.60. The zero-order valence-corrected chi connectivity index (χ0v) is 19.9. The molecule has 0 spiro atoms. The van der Waals surface area contributed by atoms with Gasteiger partial charge in [-0.2, -0.15) is 0 Å². The summed E-state index contributed by atoms with van der Waals surface area (Å²) in [5, 5.41) is 0. The van der Waals surface area contributed by atoms with E-state index in [0.29, 0.717) is 0 Å². The van der Waals surface area contributed by atoms with Gasteiger partial charge in [0.1, 0.15) is 0 Å². The van der Waals surface area contributed by atoms with Crippen molar-refractivity contribution in [3.05, 3.63) is 45.4 Å². The number of hydrogen-bond donors (Lipinski definition) is 0. The molecule has 5 heteroatoms. The molecule has 0 aliphatic heterocycles. The number of rotatable bonds is 4. The molecule has 127 valence electrons. The zero-order chi connectivity index (χ0) is 15.9. The molecule has 0 saturated carbocycles. The Morgan fingerprint density at radius 2 is 1.78 bits per heavy atom. The van der Waals surface area contributed by atoms with Gasteiger partial charge in [0.15, 0.2) is 0 Å². The van der Waals surface area contributed by atoms with Crippen molar-refractivity contribution in [1.82, 2.24) is 0 Å². The third-order valence-electron chi connectivity index (χ3n) is 4.62. The first kappa shape index (κ1) is 23.8. The zero-order valence-electron chi connectivity index (χ0n) is 15.0. The predicted molar refractivity (Wildman–Crippen MR) is 95.7 cm³/mol. The average molecular weight is 422 g/mol. The number of hydrogen-bond acceptors (Lipinski definition) is 1. The van der Waals surface area contributed by atoms with Crippen molar-refractivity contribution >= 4 is 18.4 Å². The molecule has 1 unspecified atom stereocenters. The molecule has 0 heterocycles. The topological polar surface area (TPSA) is 0 Å². The fourth-order valence-corrected chi connectivity index (χ4v) is 10.8. The molecular weight excluding hydrogens is 395 g/mol. The second-order valence-electron chi connectivity index (χ2n) is 7.65. The van der Waals surface area contributed by atoms with Gasteiger partial charge in [0.2, 0.25) is 0 Å². The molecule has 1 atom stereocenters. The average Bonchev–Trinajstić information content (AvgIpc) is 2.77. The van der Waals surface area contributed by atoms with Gasteiger partial charge >= 0.3 is 148 Å². The summed E-state index contributed by atoms with van der Waals surface area (Å²) in [6, 6.07) is 0. The van der Waals surface area contributed by atoms with Crippen LogP contribution in [0.5, 0.6) is 0 Å². The van der Waals surface area contributed by atoms with E-state index >= 15 is 0 Å². The van der Waals surface area contributed by atoms with Crippen LogP contribution in [0.25, 0.3) is 0 Å². The fraction of sp³-hybridized carbons (Fsp3) is 0.556. The van der Waals surface area contributed by atoms with Crippen LogP contribution in [-0.2, 0) is 20.4 Å². The Kier molecular flexibility index (Phi) is 8.77. The van der Waals surface area contributed by atoms with Crippen molar-refractivity contribution in [2.45, 2.75) is 58.0 Å². The molecule has 0 aromatic rings. The van der Waals surface area contributed by atoms with E-state index in [4.69, 9.17) is 0 Å². The van der Waals surface area contributed by atoms with Crippen LogP contribution in [0, 0.1) is 5.41 Å². The van der Waals surface area contributed by atoms with E-state index < -0.39 is 7.22 Å². The molecule has 0 aromatic carbocycles. The molecule has 0 nitrogen and oxygen atoms in total. The summed E-state index contributed by atoms with van der Waals surface area (Å²) in [5.74, 6) is 0. The van der Waals surface area contributed by atoms with Crippen LogP contribution in [-0.4, -0.2) is 12.0 Å². The molecule has 0 radical (unpaired) electrons. The van der Waals surface area contributed by atoms with Gasteiger partial charge in [-0.3, -0.25) is 0 Å². The summed E-state index contributed by atoms with van der Waals surface area (Å²) in [5.41, 5.74) is 3.28. The first-order valence-corrected chi connectivity index (χ1v) is 13.6. The van der Waals surface area contributed by atoms with Crippen molar-refractivity contribution in [3.8, 4) is 0 Å². The molecule has 2 aliphatic carbocycles. The maximum Gasteiger partial charge on any atom is -1.00 e. The quantitative estimate of drug-likeness (QED) is 0.575. The molecule has 0 bridgehead atoms. The van der Waals surface area contributed by atoms with Crippen molar-refractivity contribution in [2.75, 3.05) is 0 Å². The van der Waals surface area contributed by atoms with E-state index in [2.05, 4.69) is 102 Å². The third-order valence-corrected chi connectivity index (χ3v) is 10.2. The minimum atomic E-state index is -1.25. The Hall–Kier alpha value is 0.821. The van der Waals surface area contributed by atoms with E-state index in [9.17, 15) is 0 Å². The largest absolute Gasteiger partial charge is 1.00 e. The second kappa shape index (κ2) is 8.47. The summed E-state index contributed by atoms with van der Waals surface area (Å²) in [4.78, 5) is 0. The standard InChI is InChI=1S/C18H27SSi.2ClH.Ti/c1-15-11-9-10-14-18(15,19-20(4,5)6)17(2,3)16-12-7-8-13-16;;;/h7,9-12H,8,14H2,1-6H3;2*1H;/q;;;+2/p-2. The number of allylic oxidation sites excluding steroid dienone is 7. The van der Waals surface area contributed by atoms with Crippen molar-refractivity contribution in [3.63, 3.8) is 0 Å². The van der Waals surface area contributed by atoms with E-state index in [1.165, 1.54) is 0 Å². The molecule has 23 heavy (non-hydrogen) atoms. The van der Waals surface area contributed by atoms with Gasteiger partial charge in [0.05, 0.1) is 0 Å². The normalized spacial score (nSPS) is 24.3. The Labute approximate surface area is 171 Å². The van der Waals surface area contributed by atoms with Crippen LogP contribution in [0.15, 0.2) is 45.4 Å². The van der Waals surface area contributed by atoms with Gasteiger partial charge in [-0.05, 0) is 0 Å². The van der Waals surface area contributed by atoms with Crippen molar-refractivity contribution in [1.29, 1.82) is 0 Å². The van der Waals surface area contributed by atoms with Gasteiger partial charge in [-0.1, -0.05) is 0 Å². The Morgan fingerprint density at radius 1 is 1.17 bits per heavy atom. The summed E-state index contributed by atoms with van der Waals surface area (Å²) < 4.78 is 1.76.